The molecule has 0 aliphatic heterocycles. The first-order chi connectivity index (χ1) is 7.55. The Morgan fingerprint density at radius 2 is 2.00 bits per heavy atom. The van der Waals surface area contributed by atoms with Gasteiger partial charge in [-0.2, -0.15) is 0 Å². The van der Waals surface area contributed by atoms with E-state index in [1.54, 1.807) is 11.3 Å². The lowest BCUT2D eigenvalue weighted by molar-refractivity contribution is 0.0422. The van der Waals surface area contributed by atoms with Gasteiger partial charge in [-0.05, 0) is 32.6 Å². The molecule has 2 nitrogen and oxygen atoms in total. The average molecular weight is 241 g/mol. The first kappa shape index (κ1) is 13.7. The summed E-state index contributed by atoms with van der Waals surface area (Å²) in [5.41, 5.74) is 0.525. The van der Waals surface area contributed by atoms with Crippen LogP contribution in [0.15, 0.2) is 0 Å². The molecular weight excluding hydrogens is 218 g/mol. The van der Waals surface area contributed by atoms with Crippen molar-refractivity contribution in [2.45, 2.75) is 65.4 Å². The summed E-state index contributed by atoms with van der Waals surface area (Å²) >= 11 is 1.68. The molecule has 0 radical (unpaired) electrons. The van der Waals surface area contributed by atoms with Gasteiger partial charge in [0.2, 0.25) is 0 Å². The number of hydrogen-bond acceptors (Lipinski definition) is 3. The van der Waals surface area contributed by atoms with Gasteiger partial charge in [-0.3, -0.25) is 0 Å². The minimum absolute atomic E-state index is 0.612. The molecule has 1 unspecified atom stereocenters. The number of aliphatic hydroxyl groups is 1. The molecule has 0 spiro atoms. The first-order valence-electron chi connectivity index (χ1n) is 6.26. The Bertz CT molecular complexity index is 331. The fraction of sp³-hybridized carbons (Fsp3) is 0.769. The first-order valence-corrected chi connectivity index (χ1v) is 7.08. The van der Waals surface area contributed by atoms with E-state index in [1.165, 1.54) is 6.42 Å². The topological polar surface area (TPSA) is 33.1 Å². The van der Waals surface area contributed by atoms with Gasteiger partial charge in [-0.15, -0.1) is 11.3 Å². The number of hydrogen-bond donors (Lipinski definition) is 1. The zero-order chi connectivity index (χ0) is 12.2. The van der Waals surface area contributed by atoms with Crippen molar-refractivity contribution in [3.63, 3.8) is 0 Å². The molecule has 16 heavy (non-hydrogen) atoms. The van der Waals surface area contributed by atoms with Crippen molar-refractivity contribution in [3.05, 3.63) is 15.6 Å². The van der Waals surface area contributed by atoms with E-state index in [4.69, 9.17) is 0 Å². The van der Waals surface area contributed by atoms with Gasteiger partial charge in [0, 0.05) is 0 Å². The van der Waals surface area contributed by atoms with Gasteiger partial charge in [0.05, 0.1) is 21.2 Å². The maximum absolute atomic E-state index is 10.1. The molecular formula is C13H23NOS. The second-order valence-electron chi connectivity index (χ2n) is 4.57. The number of aryl methyl sites for hydroxylation is 2. The molecule has 0 amide bonds. The fourth-order valence-electron chi connectivity index (χ4n) is 1.86. The van der Waals surface area contributed by atoms with Crippen molar-refractivity contribution in [2.24, 2.45) is 0 Å². The molecule has 0 bridgehead atoms. The van der Waals surface area contributed by atoms with Crippen LogP contribution in [0.2, 0.25) is 0 Å². The average Bonchev–Trinajstić information content (AvgIpc) is 2.63. The van der Waals surface area contributed by atoms with Crippen LogP contribution in [-0.2, 0) is 18.4 Å². The summed E-state index contributed by atoms with van der Waals surface area (Å²) < 4.78 is 0. The Kier molecular flexibility index (Phi) is 4.93. The Balaban J connectivity index is 0.000000386. The zero-order valence-electron chi connectivity index (χ0n) is 10.8. The maximum Gasteiger partial charge on any atom is 0.0979 e. The number of nitrogens with zero attached hydrogens (tertiary/aromatic N) is 1. The standard InChI is InChI=1S/C10H15NOS.C3H8/c1-3-8-11-7-5-4-6-10(2,12)9(7)13-8;1-3-2/h12H,3-6H2,1-2H3;3H2,1-2H3. The predicted molar refractivity (Wildman–Crippen MR) is 70.0 cm³/mol. The molecule has 1 aromatic rings. The number of rotatable bonds is 1. The zero-order valence-corrected chi connectivity index (χ0v) is 11.7. The van der Waals surface area contributed by atoms with Crippen LogP contribution in [0, 0.1) is 0 Å². The minimum atomic E-state index is -0.612. The van der Waals surface area contributed by atoms with Crippen LogP contribution in [0.3, 0.4) is 0 Å². The van der Waals surface area contributed by atoms with Crippen molar-refractivity contribution < 1.29 is 5.11 Å². The second-order valence-corrected chi connectivity index (χ2v) is 5.66. The summed E-state index contributed by atoms with van der Waals surface area (Å²) in [6.07, 6.45) is 5.22. The van der Waals surface area contributed by atoms with Gasteiger partial charge >= 0.3 is 0 Å². The third-order valence-electron chi connectivity index (χ3n) is 2.61. The SMILES string of the molecule is CCC.CCc1nc2c(s1)C(C)(O)CCC2. The van der Waals surface area contributed by atoms with Crippen molar-refractivity contribution in [2.75, 3.05) is 0 Å². The number of thiazole rings is 1. The van der Waals surface area contributed by atoms with Gasteiger partial charge in [-0.1, -0.05) is 27.2 Å². The minimum Gasteiger partial charge on any atom is -0.385 e. The Hall–Kier alpha value is -0.410. The highest BCUT2D eigenvalue weighted by atomic mass is 32.1. The van der Waals surface area contributed by atoms with Crippen LogP contribution in [0.4, 0.5) is 0 Å². The molecule has 1 atom stereocenters. The van der Waals surface area contributed by atoms with Crippen molar-refractivity contribution in [1.82, 2.24) is 4.98 Å². The molecule has 0 saturated carbocycles. The summed E-state index contributed by atoms with van der Waals surface area (Å²) in [5, 5.41) is 11.3. The van der Waals surface area contributed by atoms with Crippen LogP contribution in [0.5, 0.6) is 0 Å². The summed E-state index contributed by atoms with van der Waals surface area (Å²) in [5.74, 6) is 0. The van der Waals surface area contributed by atoms with Crippen molar-refractivity contribution in [1.29, 1.82) is 0 Å². The van der Waals surface area contributed by atoms with Crippen LogP contribution in [0.25, 0.3) is 0 Å². The van der Waals surface area contributed by atoms with Crippen LogP contribution in [-0.4, -0.2) is 10.1 Å². The molecule has 92 valence electrons. The lowest BCUT2D eigenvalue weighted by atomic mass is 9.89. The lowest BCUT2D eigenvalue weighted by Gasteiger charge is -2.26. The molecule has 3 heteroatoms. The largest absolute Gasteiger partial charge is 0.385 e. The van der Waals surface area contributed by atoms with Gasteiger partial charge in [0.15, 0.2) is 0 Å². The molecule has 0 saturated heterocycles. The molecule has 1 N–H and O–H groups in total. The Labute approximate surface area is 103 Å². The van der Waals surface area contributed by atoms with Gasteiger partial charge in [0.25, 0.3) is 0 Å². The molecule has 1 aliphatic carbocycles. The van der Waals surface area contributed by atoms with Gasteiger partial charge in [-0.25, -0.2) is 4.98 Å². The highest BCUT2D eigenvalue weighted by Crippen LogP contribution is 2.38. The monoisotopic (exact) mass is 241 g/mol. The summed E-state index contributed by atoms with van der Waals surface area (Å²) in [4.78, 5) is 5.63. The van der Waals surface area contributed by atoms with E-state index < -0.39 is 5.60 Å². The number of aromatic nitrogens is 1. The predicted octanol–water partition coefficient (Wildman–Crippen LogP) is 3.67. The molecule has 1 aromatic heterocycles. The maximum atomic E-state index is 10.1. The van der Waals surface area contributed by atoms with E-state index in [0.717, 1.165) is 41.3 Å². The second kappa shape index (κ2) is 5.78. The van der Waals surface area contributed by atoms with Gasteiger partial charge in [0.1, 0.15) is 0 Å². The van der Waals surface area contributed by atoms with Gasteiger partial charge < -0.3 is 5.11 Å². The quantitative estimate of drug-likeness (QED) is 0.814. The third kappa shape index (κ3) is 3.05. The fourth-order valence-corrected chi connectivity index (χ4v) is 2.98. The normalized spacial score (nSPS) is 23.3. The molecule has 1 aliphatic rings. The third-order valence-corrected chi connectivity index (χ3v) is 4.11. The van der Waals surface area contributed by atoms with E-state index in [0.29, 0.717) is 0 Å². The highest BCUT2D eigenvalue weighted by Gasteiger charge is 2.32. The summed E-state index contributed by atoms with van der Waals surface area (Å²) in [6, 6.07) is 0. The van der Waals surface area contributed by atoms with E-state index in [9.17, 15) is 5.11 Å². The molecule has 0 aromatic carbocycles. The smallest absolute Gasteiger partial charge is 0.0979 e. The summed E-state index contributed by atoms with van der Waals surface area (Å²) in [7, 11) is 0. The number of fused-ring (bicyclic) bond motifs is 1. The van der Waals surface area contributed by atoms with E-state index in [-0.39, 0.29) is 0 Å². The van der Waals surface area contributed by atoms with Crippen LogP contribution >= 0.6 is 11.3 Å². The van der Waals surface area contributed by atoms with E-state index in [2.05, 4.69) is 25.8 Å². The van der Waals surface area contributed by atoms with E-state index in [1.807, 2.05) is 6.92 Å². The Morgan fingerprint density at radius 1 is 1.38 bits per heavy atom. The molecule has 1 heterocycles. The lowest BCUT2D eigenvalue weighted by Crippen LogP contribution is -2.25. The molecule has 2 rings (SSSR count). The highest BCUT2D eigenvalue weighted by molar-refractivity contribution is 7.11. The molecule has 0 fully saturated rings. The van der Waals surface area contributed by atoms with Crippen molar-refractivity contribution >= 4 is 11.3 Å². The van der Waals surface area contributed by atoms with Crippen molar-refractivity contribution in [3.8, 4) is 0 Å². The van der Waals surface area contributed by atoms with E-state index >= 15 is 0 Å². The van der Waals surface area contributed by atoms with Crippen LogP contribution < -0.4 is 0 Å². The summed E-state index contributed by atoms with van der Waals surface area (Å²) in [6.45, 7) is 8.27. The Morgan fingerprint density at radius 3 is 2.50 bits per heavy atom. The van der Waals surface area contributed by atoms with Crippen LogP contribution in [0.1, 0.15) is 62.5 Å².